The number of fused-ring (bicyclic) bond motifs is 1. The van der Waals surface area contributed by atoms with E-state index in [9.17, 15) is 9.18 Å². The van der Waals surface area contributed by atoms with Crippen LogP contribution in [-0.4, -0.2) is 18.2 Å². The monoisotopic (exact) mass is 357 g/mol. The molecule has 138 valence electrons. The summed E-state index contributed by atoms with van der Waals surface area (Å²) in [6, 6.07) is 12.0. The zero-order chi connectivity index (χ0) is 19.3. The highest BCUT2D eigenvalue weighted by atomic mass is 19.1. The van der Waals surface area contributed by atoms with Gasteiger partial charge in [0.05, 0.1) is 18.6 Å². The number of hydrogen-bond donors (Lipinski definition) is 1. The van der Waals surface area contributed by atoms with Crippen LogP contribution in [0.5, 0.6) is 11.5 Å². The van der Waals surface area contributed by atoms with Gasteiger partial charge in [0, 0.05) is 5.69 Å². The average molecular weight is 357 g/mol. The van der Waals surface area contributed by atoms with Crippen LogP contribution in [0.3, 0.4) is 0 Å². The molecular weight excluding hydrogens is 333 g/mol. The molecule has 3 aromatic rings. The summed E-state index contributed by atoms with van der Waals surface area (Å²) in [6.45, 7) is 7.92. The molecule has 1 N–H and O–H groups in total. The number of nitrogens with one attached hydrogen (secondary N) is 1. The van der Waals surface area contributed by atoms with Crippen LogP contribution in [0, 0.1) is 5.82 Å². The summed E-state index contributed by atoms with van der Waals surface area (Å²) in [4.78, 5) is 15.0. The second-order valence-corrected chi connectivity index (χ2v) is 5.78. The minimum Gasteiger partial charge on any atom is -0.494 e. The van der Waals surface area contributed by atoms with Crippen LogP contribution in [0.4, 0.5) is 4.39 Å². The number of H-pyrrole nitrogens is 1. The maximum Gasteiger partial charge on any atom is 0.256 e. The maximum absolute atomic E-state index is 13.8. The molecule has 0 aliphatic carbocycles. The third-order valence-corrected chi connectivity index (χ3v) is 3.65. The number of aromatic amines is 1. The molecular formula is C21H24FNO3. The standard InChI is InChI=1S/C19H18FNO3.C2H6/c1-11(2)24-14-6-4-12(5-7-14)17-8-13-9-18(23-3)16(20)10-15(13)19(22)21-17;1-2/h4-11H,1-3H3,(H,21,22);1-2H3. The molecule has 2 aromatic carbocycles. The van der Waals surface area contributed by atoms with Gasteiger partial charge >= 0.3 is 0 Å². The third kappa shape index (κ3) is 4.23. The van der Waals surface area contributed by atoms with Gasteiger partial charge in [-0.15, -0.1) is 0 Å². The number of hydrogen-bond acceptors (Lipinski definition) is 3. The van der Waals surface area contributed by atoms with Crippen molar-refractivity contribution in [1.82, 2.24) is 4.98 Å². The van der Waals surface area contributed by atoms with E-state index in [-0.39, 0.29) is 22.8 Å². The van der Waals surface area contributed by atoms with E-state index < -0.39 is 5.82 Å². The Morgan fingerprint density at radius 3 is 2.27 bits per heavy atom. The van der Waals surface area contributed by atoms with Gasteiger partial charge in [0.15, 0.2) is 11.6 Å². The zero-order valence-electron chi connectivity index (χ0n) is 15.7. The largest absolute Gasteiger partial charge is 0.494 e. The molecule has 1 heterocycles. The number of benzene rings is 2. The maximum atomic E-state index is 13.8. The Hall–Kier alpha value is -2.82. The smallest absolute Gasteiger partial charge is 0.256 e. The van der Waals surface area contributed by atoms with Crippen LogP contribution in [0.1, 0.15) is 27.7 Å². The van der Waals surface area contributed by atoms with Crippen molar-refractivity contribution < 1.29 is 13.9 Å². The molecule has 0 bridgehead atoms. The lowest BCUT2D eigenvalue weighted by Crippen LogP contribution is -2.08. The quantitative estimate of drug-likeness (QED) is 0.702. The SMILES string of the molecule is CC.COc1cc2cc(-c3ccc(OC(C)C)cc3)[nH]c(=O)c2cc1F. The summed E-state index contributed by atoms with van der Waals surface area (Å²) >= 11 is 0. The van der Waals surface area contributed by atoms with Crippen molar-refractivity contribution in [3.8, 4) is 22.8 Å². The van der Waals surface area contributed by atoms with Gasteiger partial charge in [-0.25, -0.2) is 4.39 Å². The molecule has 5 heteroatoms. The summed E-state index contributed by atoms with van der Waals surface area (Å²) in [7, 11) is 1.39. The van der Waals surface area contributed by atoms with E-state index in [2.05, 4.69) is 4.98 Å². The van der Waals surface area contributed by atoms with Crippen molar-refractivity contribution in [1.29, 1.82) is 0 Å². The van der Waals surface area contributed by atoms with E-state index >= 15 is 0 Å². The van der Waals surface area contributed by atoms with Crippen LogP contribution < -0.4 is 15.0 Å². The minimum atomic E-state index is -0.557. The van der Waals surface area contributed by atoms with E-state index in [4.69, 9.17) is 9.47 Å². The Balaban J connectivity index is 0.00000117. The number of pyridine rings is 1. The first kappa shape index (κ1) is 19.5. The van der Waals surface area contributed by atoms with E-state index in [1.807, 2.05) is 52.0 Å². The predicted molar refractivity (Wildman–Crippen MR) is 104 cm³/mol. The lowest BCUT2D eigenvalue weighted by molar-refractivity contribution is 0.242. The molecule has 0 radical (unpaired) electrons. The highest BCUT2D eigenvalue weighted by molar-refractivity contribution is 5.86. The number of ether oxygens (including phenoxy) is 2. The first-order valence-corrected chi connectivity index (χ1v) is 8.65. The lowest BCUT2D eigenvalue weighted by Gasteiger charge is -2.10. The van der Waals surface area contributed by atoms with Crippen LogP contribution in [0.25, 0.3) is 22.0 Å². The van der Waals surface area contributed by atoms with Crippen LogP contribution >= 0.6 is 0 Å². The van der Waals surface area contributed by atoms with Gasteiger partial charge in [-0.3, -0.25) is 4.79 Å². The van der Waals surface area contributed by atoms with Gasteiger partial charge in [-0.1, -0.05) is 13.8 Å². The fraction of sp³-hybridized carbons (Fsp3) is 0.286. The third-order valence-electron chi connectivity index (χ3n) is 3.65. The summed E-state index contributed by atoms with van der Waals surface area (Å²) in [5.41, 5.74) is 1.15. The second kappa shape index (κ2) is 8.52. The Morgan fingerprint density at radius 1 is 1.04 bits per heavy atom. The van der Waals surface area contributed by atoms with Gasteiger partial charge in [0.1, 0.15) is 5.75 Å². The number of methoxy groups -OCH3 is 1. The molecule has 0 saturated carbocycles. The van der Waals surface area contributed by atoms with Crippen molar-refractivity contribution >= 4 is 10.8 Å². The summed E-state index contributed by atoms with van der Waals surface area (Å²) in [5.74, 6) is 0.318. The summed E-state index contributed by atoms with van der Waals surface area (Å²) in [6.07, 6.45) is 0.0960. The van der Waals surface area contributed by atoms with E-state index in [1.54, 1.807) is 6.07 Å². The van der Waals surface area contributed by atoms with Crippen molar-refractivity contribution in [2.24, 2.45) is 0 Å². The predicted octanol–water partition coefficient (Wildman–Crippen LogP) is 5.16. The lowest BCUT2D eigenvalue weighted by atomic mass is 10.1. The van der Waals surface area contributed by atoms with Crippen LogP contribution in [0.2, 0.25) is 0 Å². The Bertz CT molecular complexity index is 930. The van der Waals surface area contributed by atoms with Crippen LogP contribution in [0.15, 0.2) is 47.3 Å². The fourth-order valence-electron chi connectivity index (χ4n) is 2.56. The highest BCUT2D eigenvalue weighted by Crippen LogP contribution is 2.26. The van der Waals surface area contributed by atoms with Gasteiger partial charge in [0.2, 0.25) is 0 Å². The van der Waals surface area contributed by atoms with Crippen molar-refractivity contribution in [3.05, 3.63) is 58.6 Å². The Morgan fingerprint density at radius 2 is 1.69 bits per heavy atom. The zero-order valence-corrected chi connectivity index (χ0v) is 15.7. The molecule has 0 aliphatic heterocycles. The Kier molecular flexibility index (Phi) is 6.39. The molecule has 0 unspecified atom stereocenters. The minimum absolute atomic E-state index is 0.0960. The van der Waals surface area contributed by atoms with Gasteiger partial charge in [-0.2, -0.15) is 0 Å². The average Bonchev–Trinajstić information content (AvgIpc) is 2.63. The first-order valence-electron chi connectivity index (χ1n) is 8.65. The first-order chi connectivity index (χ1) is 12.5. The summed E-state index contributed by atoms with van der Waals surface area (Å²) < 4.78 is 24.4. The molecule has 1 aromatic heterocycles. The number of rotatable bonds is 4. The molecule has 0 spiro atoms. The summed E-state index contributed by atoms with van der Waals surface area (Å²) in [5, 5.41) is 0.909. The second-order valence-electron chi connectivity index (χ2n) is 5.78. The van der Waals surface area contributed by atoms with E-state index in [0.29, 0.717) is 11.1 Å². The fourth-order valence-corrected chi connectivity index (χ4v) is 2.56. The number of aromatic nitrogens is 1. The Labute approximate surface area is 152 Å². The van der Waals surface area contributed by atoms with Gasteiger partial charge in [0.25, 0.3) is 5.56 Å². The van der Waals surface area contributed by atoms with Crippen molar-refractivity contribution in [2.45, 2.75) is 33.8 Å². The van der Waals surface area contributed by atoms with Crippen LogP contribution in [-0.2, 0) is 0 Å². The van der Waals surface area contributed by atoms with E-state index in [0.717, 1.165) is 11.3 Å². The highest BCUT2D eigenvalue weighted by Gasteiger charge is 2.10. The molecule has 26 heavy (non-hydrogen) atoms. The van der Waals surface area contributed by atoms with E-state index in [1.165, 1.54) is 19.2 Å². The molecule has 3 rings (SSSR count). The molecule has 0 saturated heterocycles. The molecule has 4 nitrogen and oxygen atoms in total. The van der Waals surface area contributed by atoms with Crippen molar-refractivity contribution in [3.63, 3.8) is 0 Å². The normalized spacial score (nSPS) is 10.4. The molecule has 0 fully saturated rings. The molecule has 0 atom stereocenters. The number of halogens is 1. The van der Waals surface area contributed by atoms with Gasteiger partial charge in [-0.05, 0) is 67.3 Å². The molecule has 0 aliphatic rings. The van der Waals surface area contributed by atoms with Crippen molar-refractivity contribution in [2.75, 3.05) is 7.11 Å². The van der Waals surface area contributed by atoms with Gasteiger partial charge < -0.3 is 14.5 Å². The molecule has 0 amide bonds. The topological polar surface area (TPSA) is 51.3 Å².